The van der Waals surface area contributed by atoms with Gasteiger partial charge in [0.2, 0.25) is 5.91 Å². The molecule has 3 aliphatic heterocycles. The summed E-state index contributed by atoms with van der Waals surface area (Å²) in [5.41, 5.74) is 9.93. The zero-order valence-electron chi connectivity index (χ0n) is 23.5. The van der Waals surface area contributed by atoms with E-state index < -0.39 is 0 Å². The number of carbonyl (C=O) groups is 2. The van der Waals surface area contributed by atoms with E-state index in [-0.39, 0.29) is 24.5 Å². The molecule has 1 aromatic carbocycles. The summed E-state index contributed by atoms with van der Waals surface area (Å²) in [6, 6.07) is 7.69. The van der Waals surface area contributed by atoms with Gasteiger partial charge in [-0.1, -0.05) is 12.1 Å². The van der Waals surface area contributed by atoms with Gasteiger partial charge in [-0.05, 0) is 23.8 Å². The van der Waals surface area contributed by atoms with Crippen molar-refractivity contribution < 1.29 is 19.1 Å². The van der Waals surface area contributed by atoms with Gasteiger partial charge >= 0.3 is 0 Å². The average molecular weight is 590 g/mol. The van der Waals surface area contributed by atoms with Crippen LogP contribution in [0, 0.1) is 5.41 Å². The molecule has 0 bridgehead atoms. The first-order chi connectivity index (χ1) is 20.5. The average Bonchev–Trinajstić information content (AvgIpc) is 3.40. The Morgan fingerprint density at radius 2 is 1.81 bits per heavy atom. The first-order valence-corrected chi connectivity index (χ1v) is 15.1. The summed E-state index contributed by atoms with van der Waals surface area (Å²) in [4.78, 5) is 42.4. The standard InChI is InChI=1S/C30H35N7O4S/c31-16-24-23(2-1-3-25(24)32)29-33-26-15-22(42-28(26)30(34-29)37-10-12-40-13-11-37)17-35-6-8-36(9-7-35)27(39)5-4-21(38)14-20-18-41-19-20/h1-3,14-16,31H,4-13,17-19,32H2. The van der Waals surface area contributed by atoms with Crippen molar-refractivity contribution in [2.45, 2.75) is 19.4 Å². The molecule has 12 heteroatoms. The highest BCUT2D eigenvalue weighted by molar-refractivity contribution is 7.19. The number of aromatic nitrogens is 2. The van der Waals surface area contributed by atoms with Crippen LogP contribution in [-0.4, -0.2) is 103 Å². The van der Waals surface area contributed by atoms with Crippen molar-refractivity contribution in [2.24, 2.45) is 0 Å². The molecule has 0 atom stereocenters. The zero-order valence-corrected chi connectivity index (χ0v) is 24.3. The summed E-state index contributed by atoms with van der Waals surface area (Å²) in [6.07, 6.45) is 3.38. The number of nitrogens with zero attached hydrogens (tertiary/aromatic N) is 5. The van der Waals surface area contributed by atoms with Crippen molar-refractivity contribution in [1.82, 2.24) is 19.8 Å². The van der Waals surface area contributed by atoms with E-state index in [1.165, 1.54) is 11.1 Å². The number of allylic oxidation sites excluding steroid dienone is 1. The minimum atomic E-state index is -0.00228. The fourth-order valence-electron chi connectivity index (χ4n) is 5.46. The van der Waals surface area contributed by atoms with Gasteiger partial charge in [-0.15, -0.1) is 11.3 Å². The minimum Gasteiger partial charge on any atom is -0.398 e. The number of ketones is 1. The molecular formula is C30H35N7O4S. The van der Waals surface area contributed by atoms with Crippen molar-refractivity contribution in [3.63, 3.8) is 0 Å². The van der Waals surface area contributed by atoms with Gasteiger partial charge in [0, 0.05) is 86.6 Å². The quantitative estimate of drug-likeness (QED) is 0.219. The maximum Gasteiger partial charge on any atom is 0.223 e. The van der Waals surface area contributed by atoms with E-state index in [0.717, 1.165) is 59.9 Å². The van der Waals surface area contributed by atoms with Crippen LogP contribution in [0.3, 0.4) is 0 Å². The maximum absolute atomic E-state index is 12.7. The lowest BCUT2D eigenvalue weighted by Gasteiger charge is -2.34. The molecule has 220 valence electrons. The molecule has 6 rings (SSSR count). The lowest BCUT2D eigenvalue weighted by Crippen LogP contribution is -2.48. The van der Waals surface area contributed by atoms with Crippen LogP contribution in [0.2, 0.25) is 0 Å². The van der Waals surface area contributed by atoms with Crippen LogP contribution in [0.4, 0.5) is 11.5 Å². The third kappa shape index (κ3) is 6.21. The highest BCUT2D eigenvalue weighted by atomic mass is 32.1. The van der Waals surface area contributed by atoms with E-state index in [1.807, 2.05) is 17.0 Å². The van der Waals surface area contributed by atoms with Gasteiger partial charge in [-0.25, -0.2) is 9.97 Å². The van der Waals surface area contributed by atoms with Gasteiger partial charge in [0.15, 0.2) is 17.4 Å². The van der Waals surface area contributed by atoms with Crippen LogP contribution >= 0.6 is 11.3 Å². The van der Waals surface area contributed by atoms with Crippen molar-refractivity contribution in [2.75, 3.05) is 76.3 Å². The number of nitrogens with two attached hydrogens (primary N) is 1. The first kappa shape index (κ1) is 28.4. The van der Waals surface area contributed by atoms with E-state index in [1.54, 1.807) is 23.5 Å². The van der Waals surface area contributed by atoms with Gasteiger partial charge in [0.1, 0.15) is 0 Å². The predicted molar refractivity (Wildman–Crippen MR) is 163 cm³/mol. The molecule has 2 aromatic heterocycles. The molecule has 0 radical (unpaired) electrons. The second kappa shape index (κ2) is 12.7. The Morgan fingerprint density at radius 3 is 2.52 bits per heavy atom. The number of piperazine rings is 1. The smallest absolute Gasteiger partial charge is 0.223 e. The van der Waals surface area contributed by atoms with Crippen molar-refractivity contribution >= 4 is 51.0 Å². The number of benzene rings is 1. The molecule has 5 heterocycles. The van der Waals surface area contributed by atoms with Crippen LogP contribution in [-0.2, 0) is 25.6 Å². The number of amides is 1. The minimum absolute atomic E-state index is 0.00228. The summed E-state index contributed by atoms with van der Waals surface area (Å²) < 4.78 is 11.7. The molecular weight excluding hydrogens is 554 g/mol. The maximum atomic E-state index is 12.7. The van der Waals surface area contributed by atoms with Gasteiger partial charge in [0.05, 0.1) is 36.6 Å². The molecule has 11 nitrogen and oxygen atoms in total. The van der Waals surface area contributed by atoms with Crippen LogP contribution < -0.4 is 10.6 Å². The lowest BCUT2D eigenvalue weighted by atomic mass is 10.1. The van der Waals surface area contributed by atoms with E-state index in [2.05, 4.69) is 15.9 Å². The molecule has 1 amide bonds. The first-order valence-electron chi connectivity index (χ1n) is 14.3. The number of ether oxygens (including phenoxy) is 2. The Bertz CT molecular complexity index is 1520. The number of fused-ring (bicyclic) bond motifs is 1. The summed E-state index contributed by atoms with van der Waals surface area (Å²) in [6.45, 7) is 7.45. The highest BCUT2D eigenvalue weighted by Gasteiger charge is 2.24. The molecule has 3 saturated heterocycles. The normalized spacial score (nSPS) is 17.8. The van der Waals surface area contributed by atoms with Crippen LogP contribution in [0.25, 0.3) is 21.6 Å². The van der Waals surface area contributed by atoms with E-state index in [0.29, 0.717) is 56.6 Å². The number of carbonyl (C=O) groups excluding carboxylic acids is 2. The number of hydrogen-bond acceptors (Lipinski definition) is 11. The van der Waals surface area contributed by atoms with Gasteiger partial charge in [0.25, 0.3) is 0 Å². The second-order valence-corrected chi connectivity index (χ2v) is 11.9. The molecule has 0 aliphatic carbocycles. The van der Waals surface area contributed by atoms with Gasteiger partial charge in [-0.3, -0.25) is 14.5 Å². The molecule has 42 heavy (non-hydrogen) atoms. The molecule has 0 saturated carbocycles. The largest absolute Gasteiger partial charge is 0.398 e. The Labute approximate surface area is 248 Å². The lowest BCUT2D eigenvalue weighted by molar-refractivity contribution is -0.134. The Balaban J connectivity index is 1.15. The van der Waals surface area contributed by atoms with Crippen molar-refractivity contribution in [3.8, 4) is 11.4 Å². The third-order valence-corrected chi connectivity index (χ3v) is 8.98. The fourth-order valence-corrected chi connectivity index (χ4v) is 6.61. The Hall–Kier alpha value is -3.71. The number of nitrogens with one attached hydrogen (secondary N) is 1. The number of rotatable bonds is 9. The summed E-state index contributed by atoms with van der Waals surface area (Å²) in [5, 5.41) is 7.91. The number of nitrogen functional groups attached to an aromatic ring is 1. The monoisotopic (exact) mass is 589 g/mol. The number of hydrogen-bond donors (Lipinski definition) is 2. The third-order valence-electron chi connectivity index (χ3n) is 7.87. The van der Waals surface area contributed by atoms with E-state index in [4.69, 9.17) is 30.6 Å². The summed E-state index contributed by atoms with van der Waals surface area (Å²) >= 11 is 1.71. The molecule has 3 aliphatic rings. The topological polar surface area (TPSA) is 138 Å². The Kier molecular flexibility index (Phi) is 8.56. The predicted octanol–water partition coefficient (Wildman–Crippen LogP) is 2.72. The number of morpholine rings is 1. The molecule has 3 aromatic rings. The Morgan fingerprint density at radius 1 is 1.02 bits per heavy atom. The van der Waals surface area contributed by atoms with Gasteiger partial charge in [-0.2, -0.15) is 0 Å². The molecule has 3 fully saturated rings. The second-order valence-electron chi connectivity index (χ2n) is 10.8. The van der Waals surface area contributed by atoms with E-state index >= 15 is 0 Å². The molecule has 3 N–H and O–H groups in total. The van der Waals surface area contributed by atoms with Gasteiger partial charge < -0.3 is 30.4 Å². The van der Waals surface area contributed by atoms with Crippen molar-refractivity contribution in [1.29, 1.82) is 5.41 Å². The number of anilines is 2. The molecule has 0 unspecified atom stereocenters. The SMILES string of the molecule is N=Cc1c(N)cccc1-c1nc(N2CCOCC2)c2sc(CN3CCN(C(=O)CCC(=O)C=C4COC4)CC3)cc2n1. The molecule has 0 spiro atoms. The highest BCUT2D eigenvalue weighted by Crippen LogP contribution is 2.36. The van der Waals surface area contributed by atoms with Crippen LogP contribution in [0.15, 0.2) is 35.9 Å². The summed E-state index contributed by atoms with van der Waals surface area (Å²) in [5.74, 6) is 1.48. The fraction of sp³-hybridized carbons (Fsp3) is 0.433. The summed E-state index contributed by atoms with van der Waals surface area (Å²) in [7, 11) is 0. The van der Waals surface area contributed by atoms with E-state index in [9.17, 15) is 9.59 Å². The van der Waals surface area contributed by atoms with Crippen LogP contribution in [0.1, 0.15) is 23.3 Å². The number of thiophene rings is 1. The van der Waals surface area contributed by atoms with Crippen molar-refractivity contribution in [3.05, 3.63) is 46.4 Å². The van der Waals surface area contributed by atoms with Crippen LogP contribution in [0.5, 0.6) is 0 Å². The zero-order chi connectivity index (χ0) is 29.1.